The zero-order chi connectivity index (χ0) is 20.9. The Kier molecular flexibility index (Phi) is 5.92. The minimum atomic E-state index is -0.635. The fraction of sp³-hybridized carbons (Fsp3) is 0.130. The van der Waals surface area contributed by atoms with Crippen LogP contribution in [-0.4, -0.2) is 16.2 Å². The molecule has 6 nitrogen and oxygen atoms in total. The third kappa shape index (κ3) is 4.59. The number of fused-ring (bicyclic) bond motifs is 1. The molecule has 7 heteroatoms. The summed E-state index contributed by atoms with van der Waals surface area (Å²) in [5.74, 6) is 0.773. The molecule has 2 amide bonds. The van der Waals surface area contributed by atoms with Crippen LogP contribution in [-0.2, 0) is 6.61 Å². The highest BCUT2D eigenvalue weighted by Crippen LogP contribution is 2.26. The summed E-state index contributed by atoms with van der Waals surface area (Å²) in [5.41, 5.74) is 4.52. The van der Waals surface area contributed by atoms with Crippen LogP contribution in [0, 0.1) is 0 Å². The molecule has 0 fully saturated rings. The summed E-state index contributed by atoms with van der Waals surface area (Å²) in [6, 6.07) is 21.1. The first-order valence-electron chi connectivity index (χ1n) is 9.49. The van der Waals surface area contributed by atoms with Crippen molar-refractivity contribution in [1.82, 2.24) is 15.8 Å². The number of urea groups is 1. The molecule has 0 aliphatic carbocycles. The van der Waals surface area contributed by atoms with E-state index in [9.17, 15) is 4.79 Å². The number of nitrogens with zero attached hydrogens (tertiary/aromatic N) is 1. The van der Waals surface area contributed by atoms with Gasteiger partial charge in [0.15, 0.2) is 0 Å². The van der Waals surface area contributed by atoms with Crippen molar-refractivity contribution < 1.29 is 14.7 Å². The lowest BCUT2D eigenvalue weighted by atomic mass is 10.0. The molecular formula is C23H21N3O3S. The van der Waals surface area contributed by atoms with Crippen molar-refractivity contribution in [3.63, 3.8) is 0 Å². The Balaban J connectivity index is 1.43. The van der Waals surface area contributed by atoms with Gasteiger partial charge in [0.05, 0.1) is 11.7 Å². The first-order chi connectivity index (χ1) is 14.6. The second kappa shape index (κ2) is 8.94. The number of aromatic nitrogens is 1. The molecule has 0 aliphatic rings. The van der Waals surface area contributed by atoms with E-state index in [0.717, 1.165) is 38.4 Å². The molecule has 4 aromatic rings. The van der Waals surface area contributed by atoms with Crippen LogP contribution in [0.5, 0.6) is 5.75 Å². The quantitative estimate of drug-likeness (QED) is 0.293. The number of rotatable bonds is 6. The number of ether oxygens (including phenoxy) is 1. The number of amides is 2. The number of carbonyl (C=O) groups excluding carboxylic acids is 1. The normalized spacial score (nSPS) is 11.8. The lowest BCUT2D eigenvalue weighted by Crippen LogP contribution is -2.34. The number of hydrogen-bond donors (Lipinski definition) is 3. The molecule has 1 unspecified atom stereocenters. The molecule has 0 saturated carbocycles. The van der Waals surface area contributed by atoms with Crippen molar-refractivity contribution in [2.45, 2.75) is 19.6 Å². The molecule has 4 rings (SSSR count). The van der Waals surface area contributed by atoms with Crippen molar-refractivity contribution in [2.75, 3.05) is 0 Å². The molecule has 0 spiro atoms. The largest absolute Gasteiger partial charge is 0.487 e. The molecule has 3 aromatic carbocycles. The van der Waals surface area contributed by atoms with Gasteiger partial charge in [-0.2, -0.15) is 0 Å². The highest BCUT2D eigenvalue weighted by molar-refractivity contribution is 7.13. The standard InChI is InChI=1S/C23H21N3O3S/c1-15(24-23(27)26-28)17-7-8-19-12-21(10-9-18(19)11-17)29-13-20-14-30-22(25-20)16-5-3-2-4-6-16/h2-12,14-15,28H,13H2,1H3,(H2,24,26,27). The van der Waals surface area contributed by atoms with Gasteiger partial charge >= 0.3 is 6.03 Å². The van der Waals surface area contributed by atoms with Crippen LogP contribution < -0.4 is 15.5 Å². The third-order valence-corrected chi connectivity index (χ3v) is 5.68. The first kappa shape index (κ1) is 19.9. The smallest absolute Gasteiger partial charge is 0.338 e. The number of hydroxylamine groups is 1. The lowest BCUT2D eigenvalue weighted by molar-refractivity contribution is 0.159. The Labute approximate surface area is 178 Å². The van der Waals surface area contributed by atoms with Gasteiger partial charge in [-0.05, 0) is 41.5 Å². The highest BCUT2D eigenvalue weighted by atomic mass is 32.1. The summed E-state index contributed by atoms with van der Waals surface area (Å²) in [4.78, 5) is 15.9. The van der Waals surface area contributed by atoms with Crippen molar-refractivity contribution in [3.8, 4) is 16.3 Å². The maximum atomic E-state index is 11.3. The Morgan fingerprint density at radius 1 is 1.10 bits per heavy atom. The van der Waals surface area contributed by atoms with Gasteiger partial charge in [-0.15, -0.1) is 11.3 Å². The number of thiazole rings is 1. The topological polar surface area (TPSA) is 83.5 Å². The summed E-state index contributed by atoms with van der Waals surface area (Å²) in [7, 11) is 0. The number of nitrogens with one attached hydrogen (secondary N) is 2. The predicted octanol–water partition coefficient (Wildman–Crippen LogP) is 5.29. The van der Waals surface area contributed by atoms with E-state index in [-0.39, 0.29) is 6.04 Å². The van der Waals surface area contributed by atoms with Gasteiger partial charge in [0.2, 0.25) is 0 Å². The van der Waals surface area contributed by atoms with E-state index in [1.165, 1.54) is 0 Å². The molecule has 152 valence electrons. The molecule has 30 heavy (non-hydrogen) atoms. The average molecular weight is 420 g/mol. The van der Waals surface area contributed by atoms with Gasteiger partial charge < -0.3 is 10.1 Å². The van der Waals surface area contributed by atoms with Crippen molar-refractivity contribution >= 4 is 28.1 Å². The summed E-state index contributed by atoms with van der Waals surface area (Å²) in [6.45, 7) is 2.26. The summed E-state index contributed by atoms with van der Waals surface area (Å²) < 4.78 is 5.95. The monoisotopic (exact) mass is 419 g/mol. The van der Waals surface area contributed by atoms with E-state index in [1.807, 2.05) is 79.0 Å². The first-order valence-corrected chi connectivity index (χ1v) is 10.4. The SMILES string of the molecule is CC(NC(=O)NO)c1ccc2cc(OCc3csc(-c4ccccc4)n3)ccc2c1. The second-order valence-corrected chi connectivity index (χ2v) is 7.73. The summed E-state index contributed by atoms with van der Waals surface area (Å²) >= 11 is 1.61. The zero-order valence-corrected chi connectivity index (χ0v) is 17.1. The summed E-state index contributed by atoms with van der Waals surface area (Å²) in [5, 5.41) is 16.4. The lowest BCUT2D eigenvalue weighted by Gasteiger charge is -2.14. The molecule has 1 atom stereocenters. The molecule has 1 heterocycles. The van der Waals surface area contributed by atoms with Crippen molar-refractivity contribution in [1.29, 1.82) is 0 Å². The van der Waals surface area contributed by atoms with E-state index >= 15 is 0 Å². The number of hydrogen-bond acceptors (Lipinski definition) is 5. The maximum Gasteiger partial charge on any atom is 0.338 e. The molecule has 3 N–H and O–H groups in total. The molecule has 0 radical (unpaired) electrons. The van der Waals surface area contributed by atoms with Gasteiger partial charge in [0.25, 0.3) is 0 Å². The van der Waals surface area contributed by atoms with Crippen molar-refractivity contribution in [3.05, 3.63) is 83.4 Å². The zero-order valence-electron chi connectivity index (χ0n) is 16.3. The molecule has 0 aliphatic heterocycles. The van der Waals surface area contributed by atoms with Crippen LogP contribution in [0.3, 0.4) is 0 Å². The van der Waals surface area contributed by atoms with Gasteiger partial charge in [0, 0.05) is 10.9 Å². The van der Waals surface area contributed by atoms with Gasteiger partial charge in [-0.25, -0.2) is 15.3 Å². The Morgan fingerprint density at radius 3 is 2.67 bits per heavy atom. The molecule has 0 saturated heterocycles. The second-order valence-electron chi connectivity index (χ2n) is 6.87. The van der Waals surface area contributed by atoms with E-state index in [0.29, 0.717) is 6.61 Å². The molecule has 1 aromatic heterocycles. The Bertz CT molecular complexity index is 1160. The Hall–Kier alpha value is -3.42. The minimum Gasteiger partial charge on any atom is -0.487 e. The Morgan fingerprint density at radius 2 is 1.87 bits per heavy atom. The number of carbonyl (C=O) groups is 1. The van der Waals surface area contributed by atoms with Gasteiger partial charge in [-0.3, -0.25) is 5.21 Å². The fourth-order valence-corrected chi connectivity index (χ4v) is 3.97. The van der Waals surface area contributed by atoms with Crippen LogP contribution in [0.4, 0.5) is 4.79 Å². The fourth-order valence-electron chi connectivity index (χ4n) is 3.16. The average Bonchev–Trinajstić information content (AvgIpc) is 3.26. The van der Waals surface area contributed by atoms with Crippen LogP contribution in [0.1, 0.15) is 24.2 Å². The highest BCUT2D eigenvalue weighted by Gasteiger charge is 2.10. The third-order valence-electron chi connectivity index (χ3n) is 4.74. The van der Waals surface area contributed by atoms with E-state index < -0.39 is 6.03 Å². The van der Waals surface area contributed by atoms with Crippen LogP contribution >= 0.6 is 11.3 Å². The van der Waals surface area contributed by atoms with Crippen LogP contribution in [0.25, 0.3) is 21.3 Å². The number of benzene rings is 3. The molecular weight excluding hydrogens is 398 g/mol. The predicted molar refractivity (Wildman–Crippen MR) is 118 cm³/mol. The van der Waals surface area contributed by atoms with E-state index in [1.54, 1.807) is 16.8 Å². The maximum absolute atomic E-state index is 11.3. The van der Waals surface area contributed by atoms with Crippen LogP contribution in [0.15, 0.2) is 72.1 Å². The van der Waals surface area contributed by atoms with Gasteiger partial charge in [0.1, 0.15) is 17.4 Å². The van der Waals surface area contributed by atoms with E-state index in [2.05, 4.69) is 10.3 Å². The minimum absolute atomic E-state index is 0.235. The van der Waals surface area contributed by atoms with Crippen molar-refractivity contribution in [2.24, 2.45) is 0 Å². The van der Waals surface area contributed by atoms with Crippen LogP contribution in [0.2, 0.25) is 0 Å². The van der Waals surface area contributed by atoms with E-state index in [4.69, 9.17) is 9.94 Å². The molecule has 0 bridgehead atoms. The summed E-state index contributed by atoms with van der Waals surface area (Å²) in [6.07, 6.45) is 0. The van der Waals surface area contributed by atoms with Gasteiger partial charge in [-0.1, -0.05) is 48.5 Å².